The minimum atomic E-state index is -0.545. The Bertz CT molecular complexity index is 1340. The quantitative estimate of drug-likeness (QED) is 0.271. The van der Waals surface area contributed by atoms with E-state index < -0.39 is 5.97 Å². The van der Waals surface area contributed by atoms with Crippen molar-refractivity contribution in [2.24, 2.45) is 0 Å². The van der Waals surface area contributed by atoms with Crippen molar-refractivity contribution in [3.05, 3.63) is 82.6 Å². The Morgan fingerprint density at radius 1 is 0.971 bits per heavy atom. The maximum Gasteiger partial charge on any atom is 0.343 e. The van der Waals surface area contributed by atoms with Crippen LogP contribution < -0.4 is 23.8 Å². The molecule has 3 aromatic carbocycles. The highest BCUT2D eigenvalue weighted by atomic mass is 16.7. The maximum absolute atomic E-state index is 13.0. The minimum absolute atomic E-state index is 0.124. The minimum Gasteiger partial charge on any atom is -0.454 e. The number of carbonyl (C=O) groups is 2. The first-order chi connectivity index (χ1) is 17.0. The fourth-order valence-corrected chi connectivity index (χ4v) is 4.25. The van der Waals surface area contributed by atoms with Crippen molar-refractivity contribution in [1.29, 1.82) is 0 Å². The van der Waals surface area contributed by atoms with Crippen LogP contribution in [0.25, 0.3) is 6.08 Å². The predicted octanol–water partition coefficient (Wildman–Crippen LogP) is 5.41. The number of rotatable bonds is 6. The largest absolute Gasteiger partial charge is 0.454 e. The van der Waals surface area contributed by atoms with Gasteiger partial charge in [0.2, 0.25) is 12.6 Å². The molecule has 0 fully saturated rings. The van der Waals surface area contributed by atoms with Gasteiger partial charge >= 0.3 is 5.97 Å². The summed E-state index contributed by atoms with van der Waals surface area (Å²) >= 11 is 0. The second-order valence-corrected chi connectivity index (χ2v) is 8.27. The fourth-order valence-electron chi connectivity index (χ4n) is 4.25. The molecule has 3 aromatic rings. The lowest BCUT2D eigenvalue weighted by Crippen LogP contribution is -2.21. The molecule has 0 unspecified atom stereocenters. The highest BCUT2D eigenvalue weighted by Crippen LogP contribution is 2.38. The molecule has 35 heavy (non-hydrogen) atoms. The lowest BCUT2D eigenvalue weighted by atomic mass is 10.0. The van der Waals surface area contributed by atoms with Gasteiger partial charge in [-0.15, -0.1) is 0 Å². The monoisotopic (exact) mass is 471 g/mol. The molecule has 5 rings (SSSR count). The zero-order chi connectivity index (χ0) is 24.5. The summed E-state index contributed by atoms with van der Waals surface area (Å²) in [5.41, 5.74) is 3.46. The molecular formula is C28H25NO6. The molecular weight excluding hydrogens is 446 g/mol. The number of esters is 1. The number of carbonyl (C=O) groups excluding carboxylic acids is 2. The summed E-state index contributed by atoms with van der Waals surface area (Å²) in [6.07, 6.45) is 1.73. The van der Waals surface area contributed by atoms with E-state index in [0.29, 0.717) is 39.7 Å². The molecule has 0 aromatic heterocycles. The van der Waals surface area contributed by atoms with Gasteiger partial charge in [-0.2, -0.15) is 0 Å². The lowest BCUT2D eigenvalue weighted by molar-refractivity contribution is 0.0734. The van der Waals surface area contributed by atoms with Crippen LogP contribution in [0.2, 0.25) is 0 Å². The first-order valence-corrected chi connectivity index (χ1v) is 11.5. The van der Waals surface area contributed by atoms with Gasteiger partial charge in [0, 0.05) is 24.8 Å². The standard InChI is InChI=1S/C28H25NO6/c1-4-29(5-2)20-9-6-18(7-10-20)13-25-27(30)26-17(3)12-21(15-24(26)35-25)34-28(31)19-8-11-22-23(14-19)33-16-32-22/h6-15H,4-5,16H2,1-3H3/b25-13-. The zero-order valence-corrected chi connectivity index (χ0v) is 19.8. The summed E-state index contributed by atoms with van der Waals surface area (Å²) in [6.45, 7) is 8.00. The van der Waals surface area contributed by atoms with E-state index in [-0.39, 0.29) is 18.3 Å². The van der Waals surface area contributed by atoms with E-state index in [1.807, 2.05) is 24.3 Å². The van der Waals surface area contributed by atoms with Crippen LogP contribution in [0.5, 0.6) is 23.0 Å². The number of nitrogens with zero attached hydrogens (tertiary/aromatic N) is 1. The van der Waals surface area contributed by atoms with Gasteiger partial charge in [-0.1, -0.05) is 12.1 Å². The summed E-state index contributed by atoms with van der Waals surface area (Å²) in [5.74, 6) is 1.24. The van der Waals surface area contributed by atoms with Gasteiger partial charge in [0.1, 0.15) is 11.5 Å². The second kappa shape index (κ2) is 9.18. The average molecular weight is 472 g/mol. The zero-order valence-electron chi connectivity index (χ0n) is 19.8. The Morgan fingerprint density at radius 3 is 2.46 bits per heavy atom. The van der Waals surface area contributed by atoms with Gasteiger partial charge in [0.05, 0.1) is 11.1 Å². The number of hydrogen-bond donors (Lipinski definition) is 0. The first kappa shape index (κ1) is 22.5. The Labute approximate surface area is 203 Å². The third-order valence-corrected chi connectivity index (χ3v) is 6.08. The van der Waals surface area contributed by atoms with Crippen LogP contribution in [0.4, 0.5) is 5.69 Å². The van der Waals surface area contributed by atoms with Crippen LogP contribution in [0.3, 0.4) is 0 Å². The molecule has 0 bridgehead atoms. The van der Waals surface area contributed by atoms with E-state index in [9.17, 15) is 9.59 Å². The molecule has 0 aliphatic carbocycles. The molecule has 0 saturated heterocycles. The number of fused-ring (bicyclic) bond motifs is 2. The van der Waals surface area contributed by atoms with E-state index in [1.165, 1.54) is 0 Å². The first-order valence-electron chi connectivity index (χ1n) is 11.5. The summed E-state index contributed by atoms with van der Waals surface area (Å²) in [4.78, 5) is 27.9. The van der Waals surface area contributed by atoms with Crippen LogP contribution in [0, 0.1) is 6.92 Å². The Morgan fingerprint density at radius 2 is 1.71 bits per heavy atom. The molecule has 178 valence electrons. The third kappa shape index (κ3) is 4.33. The van der Waals surface area contributed by atoms with Crippen molar-refractivity contribution < 1.29 is 28.5 Å². The summed E-state index contributed by atoms with van der Waals surface area (Å²) in [5, 5.41) is 0. The number of Topliss-reactive ketones (excluding diaryl/α,β-unsaturated/α-hetero) is 1. The van der Waals surface area contributed by atoms with Gasteiger partial charge in [-0.3, -0.25) is 4.79 Å². The van der Waals surface area contributed by atoms with Crippen molar-refractivity contribution in [3.63, 3.8) is 0 Å². The van der Waals surface area contributed by atoms with Gasteiger partial charge in [-0.25, -0.2) is 4.79 Å². The molecule has 2 aliphatic heterocycles. The molecule has 0 atom stereocenters. The lowest BCUT2D eigenvalue weighted by Gasteiger charge is -2.20. The van der Waals surface area contributed by atoms with E-state index in [0.717, 1.165) is 24.3 Å². The SMILES string of the molecule is CCN(CC)c1ccc(/C=C2\Oc3cc(OC(=O)c4ccc5c(c4)OCO5)cc(C)c3C2=O)cc1. The fraction of sp³-hybridized carbons (Fsp3) is 0.214. The van der Waals surface area contributed by atoms with Gasteiger partial charge in [0.25, 0.3) is 0 Å². The van der Waals surface area contributed by atoms with Crippen LogP contribution >= 0.6 is 0 Å². The Kier molecular flexibility index (Phi) is 5.91. The topological polar surface area (TPSA) is 74.3 Å². The molecule has 7 heteroatoms. The molecule has 7 nitrogen and oxygen atoms in total. The number of benzene rings is 3. The van der Waals surface area contributed by atoms with Crippen molar-refractivity contribution in [2.45, 2.75) is 20.8 Å². The molecule has 2 aliphatic rings. The maximum atomic E-state index is 13.0. The van der Waals surface area contributed by atoms with Crippen molar-refractivity contribution in [3.8, 4) is 23.0 Å². The van der Waals surface area contributed by atoms with Crippen molar-refractivity contribution >= 4 is 23.5 Å². The van der Waals surface area contributed by atoms with Gasteiger partial charge < -0.3 is 23.8 Å². The van der Waals surface area contributed by atoms with Crippen LogP contribution in [-0.4, -0.2) is 31.6 Å². The third-order valence-electron chi connectivity index (χ3n) is 6.08. The normalized spacial score (nSPS) is 14.6. The van der Waals surface area contributed by atoms with Crippen LogP contribution in [0.1, 0.15) is 45.7 Å². The Balaban J connectivity index is 1.35. The number of ether oxygens (including phenoxy) is 4. The summed E-state index contributed by atoms with van der Waals surface area (Å²) < 4.78 is 22.0. The summed E-state index contributed by atoms with van der Waals surface area (Å²) in [6, 6.07) is 16.1. The number of ketones is 1. The number of aryl methyl sites for hydroxylation is 1. The molecule has 2 heterocycles. The van der Waals surface area contributed by atoms with Crippen molar-refractivity contribution in [1.82, 2.24) is 0 Å². The highest BCUT2D eigenvalue weighted by Gasteiger charge is 2.30. The van der Waals surface area contributed by atoms with E-state index in [4.69, 9.17) is 18.9 Å². The molecule has 0 radical (unpaired) electrons. The van der Waals surface area contributed by atoms with E-state index in [1.54, 1.807) is 43.3 Å². The molecule has 0 N–H and O–H groups in total. The smallest absolute Gasteiger partial charge is 0.343 e. The highest BCUT2D eigenvalue weighted by molar-refractivity contribution is 6.15. The van der Waals surface area contributed by atoms with Gasteiger partial charge in [0.15, 0.2) is 17.3 Å². The van der Waals surface area contributed by atoms with E-state index in [2.05, 4.69) is 18.7 Å². The molecule has 0 amide bonds. The van der Waals surface area contributed by atoms with Crippen LogP contribution in [0.15, 0.2) is 60.4 Å². The molecule has 0 saturated carbocycles. The molecule has 0 spiro atoms. The van der Waals surface area contributed by atoms with E-state index >= 15 is 0 Å². The number of allylic oxidation sites excluding steroid dienone is 1. The average Bonchev–Trinajstić information content (AvgIpc) is 3.45. The second-order valence-electron chi connectivity index (χ2n) is 8.27. The van der Waals surface area contributed by atoms with Crippen LogP contribution in [-0.2, 0) is 0 Å². The van der Waals surface area contributed by atoms with Crippen molar-refractivity contribution in [2.75, 3.05) is 24.8 Å². The number of anilines is 1. The predicted molar refractivity (Wildman–Crippen MR) is 132 cm³/mol. The van der Waals surface area contributed by atoms with Gasteiger partial charge in [-0.05, 0) is 74.4 Å². The Hall–Kier alpha value is -4.26. The number of hydrogen-bond acceptors (Lipinski definition) is 7. The summed E-state index contributed by atoms with van der Waals surface area (Å²) in [7, 11) is 0.